The van der Waals surface area contributed by atoms with Crippen LogP contribution in [0, 0.1) is 0 Å². The van der Waals surface area contributed by atoms with Crippen LogP contribution in [0.4, 0.5) is 0 Å². The molecule has 5 aromatic carbocycles. The Morgan fingerprint density at radius 2 is 0.432 bits per heavy atom. The molecule has 0 heterocycles. The van der Waals surface area contributed by atoms with Crippen LogP contribution in [0.25, 0.3) is 0 Å². The van der Waals surface area contributed by atoms with E-state index in [9.17, 15) is 0 Å². The van der Waals surface area contributed by atoms with Crippen LogP contribution < -0.4 is 25.9 Å². The van der Waals surface area contributed by atoms with E-state index in [1.807, 2.05) is 101 Å². The summed E-state index contributed by atoms with van der Waals surface area (Å²) in [5.74, 6) is 0. The normalized spacial score (nSPS) is 13.0. The molecule has 0 aliphatic rings. The van der Waals surface area contributed by atoms with Gasteiger partial charge in [0.05, 0.1) is 0 Å². The van der Waals surface area contributed by atoms with Crippen LogP contribution in [-0.4, -0.2) is 84.1 Å². The smallest absolute Gasteiger partial charge is 0.388 e. The van der Waals surface area contributed by atoms with Crippen molar-refractivity contribution in [3.63, 3.8) is 0 Å². The summed E-state index contributed by atoms with van der Waals surface area (Å²) in [4.78, 5) is 0. The Labute approximate surface area is 459 Å². The van der Waals surface area contributed by atoms with Crippen molar-refractivity contribution in [2.45, 2.75) is 98.2 Å². The molecule has 0 radical (unpaired) electrons. The average molecular weight is 1170 g/mol. The van der Waals surface area contributed by atoms with Gasteiger partial charge in [-0.05, 0) is 124 Å². The van der Waals surface area contributed by atoms with Gasteiger partial charge in [-0.1, -0.05) is 186 Å². The molecule has 17 heteroatoms. The molecule has 0 fully saturated rings. The Morgan fingerprint density at radius 1 is 0.243 bits per heavy atom. The van der Waals surface area contributed by atoms with Crippen molar-refractivity contribution in [3.05, 3.63) is 225 Å². The second-order valence-corrected chi connectivity index (χ2v) is 59.4. The monoisotopic (exact) mass is 1160 g/mol. The number of hydrogen-bond donors (Lipinski definition) is 0. The maximum absolute atomic E-state index is 7.08. The van der Waals surface area contributed by atoms with Crippen LogP contribution in [0.1, 0.15) is 0 Å². The Kier molecular flexibility index (Phi) is 23.7. The molecule has 0 saturated carbocycles. The third-order valence-corrected chi connectivity index (χ3v) is 47.8. The van der Waals surface area contributed by atoms with E-state index in [1.54, 1.807) is 0 Å². The molecule has 0 aliphatic heterocycles. The predicted octanol–water partition coefficient (Wildman–Crippen LogP) is 12.9. The fraction of sp³-hybridized carbons (Fsp3) is 0.263. The molecule has 398 valence electrons. The molecule has 0 spiro atoms. The second-order valence-electron chi connectivity index (χ2n) is 22.0. The van der Waals surface area contributed by atoms with Crippen molar-refractivity contribution < 1.29 is 28.8 Å². The van der Waals surface area contributed by atoms with Gasteiger partial charge in [-0.3, -0.25) is 0 Å². The molecule has 0 aromatic heterocycles. The second kappa shape index (κ2) is 27.1. The lowest BCUT2D eigenvalue weighted by Crippen LogP contribution is -2.71. The summed E-state index contributed by atoms with van der Waals surface area (Å²) in [5, 5.41) is 5.62. The minimum atomic E-state index is -3.04. The Balaban J connectivity index is 0.000000298. The average Bonchev–Trinajstić information content (AvgIpc) is 3.36. The molecule has 5 rings (SSSR count). The SMILES string of the molecule is C=C[Si](C)(C)O[Si](C)(C)O[Si](O[Si](C)(C)C=C)(c1ccccc1)c1ccccc1.C=C[Si](C)(C)O[Si](C)(O[Si](C)(C)C=C)c1ccccc1.C=C[Si](C)(C)O[Si](O[Si](C)(C)C=C)(c1ccccc1)c1ccccc1. The number of rotatable bonds is 25. The lowest BCUT2D eigenvalue weighted by Gasteiger charge is -2.43. The third kappa shape index (κ3) is 19.5. The summed E-state index contributed by atoms with van der Waals surface area (Å²) in [6.45, 7) is 56.2. The van der Waals surface area contributed by atoms with Crippen LogP contribution in [0.5, 0.6) is 0 Å². The van der Waals surface area contributed by atoms with Gasteiger partial charge in [-0.25, -0.2) is 0 Å². The van der Waals surface area contributed by atoms with E-state index in [1.165, 1.54) is 5.19 Å². The zero-order valence-corrected chi connectivity index (χ0v) is 57.5. The van der Waals surface area contributed by atoms with E-state index in [0.717, 1.165) is 20.7 Å². The van der Waals surface area contributed by atoms with Crippen molar-refractivity contribution in [1.29, 1.82) is 0 Å². The van der Waals surface area contributed by atoms with Crippen molar-refractivity contribution >= 4 is 110 Å². The van der Waals surface area contributed by atoms with Crippen molar-refractivity contribution in [2.24, 2.45) is 0 Å². The maximum atomic E-state index is 7.08. The highest BCUT2D eigenvalue weighted by Crippen LogP contribution is 2.27. The van der Waals surface area contributed by atoms with E-state index in [2.05, 4.69) is 223 Å². The maximum Gasteiger partial charge on any atom is 0.388 e. The van der Waals surface area contributed by atoms with Crippen LogP contribution in [-0.2, 0) is 28.8 Å². The number of hydrogen-bond acceptors (Lipinski definition) is 7. The molecule has 0 atom stereocenters. The Hall–Kier alpha value is -3.57. The zero-order chi connectivity index (χ0) is 55.8. The lowest BCUT2D eigenvalue weighted by atomic mass is 10.4. The summed E-state index contributed by atoms with van der Waals surface area (Å²) in [6.07, 6.45) is 0. The molecule has 74 heavy (non-hydrogen) atoms. The van der Waals surface area contributed by atoms with Crippen molar-refractivity contribution in [1.82, 2.24) is 0 Å². The first-order valence-corrected chi connectivity index (χ1v) is 52.0. The van der Waals surface area contributed by atoms with E-state index in [-0.39, 0.29) is 0 Å². The molecule has 7 nitrogen and oxygen atoms in total. The summed E-state index contributed by atoms with van der Waals surface area (Å²) in [7, 11) is -23.2. The molecule has 0 N–H and O–H groups in total. The van der Waals surface area contributed by atoms with Gasteiger partial charge in [0, 0.05) is 0 Å². The standard InChI is InChI=1S/C22H34O3Si4.C20H28O2Si3.C15H26O2Si3/c1-9-26(3,4)23-28(7,8)25-29(24-27(5,6)10-2,21-17-13-11-14-18-21)22-19-15-12-16-20-22;1-7-23(3,4)21-25(22-24(5,6)8-2,19-15-11-9-12-16-19)20-17-13-10-14-18-20;1-8-18(3,4)16-20(7,17-19(5,6)9-2)15-13-11-10-12-14-15/h9-20H,1-2H2,3-8H3;7-18H,1-2H2,3-6H3;8-14H,1-2H2,3-7H3. The quantitative estimate of drug-likeness (QED) is 0.0540. The van der Waals surface area contributed by atoms with Gasteiger partial charge in [0.1, 0.15) is 0 Å². The molecular weight excluding hydrogens is 1080 g/mol. The summed E-state index contributed by atoms with van der Waals surface area (Å²) < 4.78 is 47.6. The molecular formula is C57H88O7Si10. The summed E-state index contributed by atoms with van der Waals surface area (Å²) in [5.41, 5.74) is 11.8. The van der Waals surface area contributed by atoms with Gasteiger partial charge in [0.2, 0.25) is 25.0 Å². The summed E-state index contributed by atoms with van der Waals surface area (Å²) >= 11 is 0. The topological polar surface area (TPSA) is 64.6 Å². The molecule has 0 amide bonds. The van der Waals surface area contributed by atoms with E-state index >= 15 is 0 Å². The van der Waals surface area contributed by atoms with Gasteiger partial charge in [0.15, 0.2) is 25.0 Å². The Morgan fingerprint density at radius 3 is 0.662 bits per heavy atom. The van der Waals surface area contributed by atoms with Crippen LogP contribution in [0.3, 0.4) is 0 Å². The first-order valence-electron chi connectivity index (χ1n) is 25.3. The van der Waals surface area contributed by atoms with Gasteiger partial charge >= 0.3 is 34.2 Å². The molecule has 0 bridgehead atoms. The van der Waals surface area contributed by atoms with Gasteiger partial charge < -0.3 is 28.8 Å². The highest BCUT2D eigenvalue weighted by molar-refractivity contribution is 7.04. The molecule has 5 aromatic rings. The zero-order valence-electron chi connectivity index (χ0n) is 47.5. The van der Waals surface area contributed by atoms with E-state index in [0.29, 0.717) is 0 Å². The predicted molar refractivity (Wildman–Crippen MR) is 345 cm³/mol. The fourth-order valence-corrected chi connectivity index (χ4v) is 45.4. The van der Waals surface area contributed by atoms with Crippen molar-refractivity contribution in [2.75, 3.05) is 0 Å². The van der Waals surface area contributed by atoms with Gasteiger partial charge in [-0.15, -0.1) is 39.5 Å². The molecule has 0 saturated heterocycles. The van der Waals surface area contributed by atoms with Gasteiger partial charge in [-0.2, -0.15) is 0 Å². The van der Waals surface area contributed by atoms with Crippen LogP contribution >= 0.6 is 0 Å². The first kappa shape index (κ1) is 64.7. The highest BCUT2D eigenvalue weighted by Gasteiger charge is 2.52. The van der Waals surface area contributed by atoms with Crippen molar-refractivity contribution in [3.8, 4) is 0 Å². The first-order chi connectivity index (χ1) is 34.3. The van der Waals surface area contributed by atoms with E-state index in [4.69, 9.17) is 28.8 Å². The number of benzene rings is 5. The summed E-state index contributed by atoms with van der Waals surface area (Å²) in [6, 6.07) is 51.8. The molecule has 0 aliphatic carbocycles. The molecule has 0 unspecified atom stereocenters. The highest BCUT2D eigenvalue weighted by atomic mass is 28.5. The minimum absolute atomic E-state index is 1.09. The van der Waals surface area contributed by atoms with Crippen LogP contribution in [0.2, 0.25) is 98.2 Å². The Bertz CT molecular complexity index is 2430. The minimum Gasteiger partial charge on any atom is -0.433 e. The third-order valence-electron chi connectivity index (χ3n) is 11.9. The fourth-order valence-electron chi connectivity index (χ4n) is 7.72. The van der Waals surface area contributed by atoms with E-state index < -0.39 is 84.1 Å². The van der Waals surface area contributed by atoms with Crippen LogP contribution in [0.15, 0.2) is 225 Å². The largest absolute Gasteiger partial charge is 0.433 e. The lowest BCUT2D eigenvalue weighted by molar-refractivity contribution is 0.345. The van der Waals surface area contributed by atoms with Gasteiger partial charge in [0.25, 0.3) is 0 Å².